The van der Waals surface area contributed by atoms with Crippen molar-refractivity contribution in [2.45, 2.75) is 26.2 Å². The number of nitrogens with zero attached hydrogens (tertiary/aromatic N) is 3. The van der Waals surface area contributed by atoms with E-state index in [9.17, 15) is 10.1 Å². The number of piperazine rings is 1. The van der Waals surface area contributed by atoms with Crippen LogP contribution >= 0.6 is 0 Å². The largest absolute Gasteiger partial charge is 0.475 e. The third kappa shape index (κ3) is 4.37. The number of aryl methyl sites for hydroxylation is 2. The summed E-state index contributed by atoms with van der Waals surface area (Å²) in [7, 11) is 0. The fourth-order valence-corrected chi connectivity index (χ4v) is 4.95. The second-order valence-corrected chi connectivity index (χ2v) is 9.07. The van der Waals surface area contributed by atoms with Crippen LogP contribution < -0.4 is 4.90 Å². The Morgan fingerprint density at radius 3 is 2.74 bits per heavy atom. The molecule has 0 aliphatic carbocycles. The number of anilines is 1. The van der Waals surface area contributed by atoms with E-state index in [1.54, 1.807) is 6.07 Å². The Hall–Kier alpha value is -3.76. The topological polar surface area (TPSA) is 96.5 Å². The summed E-state index contributed by atoms with van der Waals surface area (Å²) in [6.07, 6.45) is 5.36. The van der Waals surface area contributed by atoms with E-state index < -0.39 is 5.97 Å². The van der Waals surface area contributed by atoms with Crippen molar-refractivity contribution in [3.8, 4) is 6.07 Å². The molecule has 1 fully saturated rings. The zero-order chi connectivity index (χ0) is 23.7. The van der Waals surface area contributed by atoms with Gasteiger partial charge in [0, 0.05) is 54.4 Å². The van der Waals surface area contributed by atoms with Crippen molar-refractivity contribution >= 4 is 33.5 Å². The molecule has 2 aromatic heterocycles. The molecule has 1 aliphatic heterocycles. The number of aromatic nitrogens is 1. The van der Waals surface area contributed by atoms with E-state index in [4.69, 9.17) is 9.52 Å². The Morgan fingerprint density at radius 2 is 1.97 bits per heavy atom. The highest BCUT2D eigenvalue weighted by atomic mass is 16.4. The summed E-state index contributed by atoms with van der Waals surface area (Å²) < 4.78 is 5.37. The highest BCUT2D eigenvalue weighted by Gasteiger charge is 2.18. The van der Waals surface area contributed by atoms with E-state index in [1.165, 1.54) is 10.9 Å². The Morgan fingerprint density at radius 1 is 1.15 bits per heavy atom. The van der Waals surface area contributed by atoms with Crippen LogP contribution in [0.2, 0.25) is 0 Å². The molecule has 0 amide bonds. The molecular formula is C27H28N4O3. The summed E-state index contributed by atoms with van der Waals surface area (Å²) in [6, 6.07) is 13.7. The molecule has 0 atom stereocenters. The number of carbonyl (C=O) groups is 1. The van der Waals surface area contributed by atoms with E-state index >= 15 is 0 Å². The van der Waals surface area contributed by atoms with Gasteiger partial charge in [-0.1, -0.05) is 0 Å². The first-order chi connectivity index (χ1) is 16.5. The molecule has 7 heteroatoms. The van der Waals surface area contributed by atoms with E-state index in [-0.39, 0.29) is 5.76 Å². The quantitative estimate of drug-likeness (QED) is 0.383. The molecular weight excluding hydrogens is 428 g/mol. The first-order valence-electron chi connectivity index (χ1n) is 11.8. The maximum atomic E-state index is 11.1. The van der Waals surface area contributed by atoms with Gasteiger partial charge in [0.15, 0.2) is 0 Å². The molecule has 0 saturated carbocycles. The zero-order valence-electron chi connectivity index (χ0n) is 19.3. The predicted molar refractivity (Wildman–Crippen MR) is 133 cm³/mol. The van der Waals surface area contributed by atoms with Crippen molar-refractivity contribution in [3.05, 3.63) is 65.0 Å². The van der Waals surface area contributed by atoms with E-state index in [0.29, 0.717) is 5.58 Å². The minimum absolute atomic E-state index is 0.0229. The van der Waals surface area contributed by atoms with Gasteiger partial charge < -0.3 is 19.4 Å². The number of H-pyrrole nitrogens is 1. The first kappa shape index (κ1) is 22.1. The number of benzene rings is 2. The van der Waals surface area contributed by atoms with Gasteiger partial charge in [-0.2, -0.15) is 5.26 Å². The zero-order valence-corrected chi connectivity index (χ0v) is 19.3. The van der Waals surface area contributed by atoms with Crippen LogP contribution in [0.4, 0.5) is 5.69 Å². The molecule has 5 rings (SSSR count). The number of hydrogen-bond acceptors (Lipinski definition) is 5. The van der Waals surface area contributed by atoms with E-state index in [2.05, 4.69) is 27.0 Å². The fraction of sp³-hybridized carbons (Fsp3) is 0.333. The van der Waals surface area contributed by atoms with E-state index in [1.807, 2.05) is 37.3 Å². The van der Waals surface area contributed by atoms with Crippen molar-refractivity contribution in [2.75, 3.05) is 37.6 Å². The number of unbranched alkanes of at least 4 members (excludes halogenated alkanes) is 1. The van der Waals surface area contributed by atoms with E-state index in [0.717, 1.165) is 79.7 Å². The van der Waals surface area contributed by atoms with Gasteiger partial charge in [-0.3, -0.25) is 4.90 Å². The van der Waals surface area contributed by atoms with Crippen molar-refractivity contribution in [1.29, 1.82) is 5.26 Å². The Kier molecular flexibility index (Phi) is 5.99. The highest BCUT2D eigenvalue weighted by Crippen LogP contribution is 2.27. The Bertz CT molecular complexity index is 1390. The number of aromatic carboxylic acids is 1. The van der Waals surface area contributed by atoms with Crippen molar-refractivity contribution in [2.24, 2.45) is 0 Å². The standard InChI is InChI=1S/C27H28N4O3/c1-18-12-19(16-28)13-23-20(17-29-26(18)23)4-2-3-7-30-8-10-31(11-9-30)22-5-6-24-21(14-22)15-25(34-24)27(32)33/h5-6,12-15,17,29H,2-4,7-11H2,1H3,(H,32,33). The summed E-state index contributed by atoms with van der Waals surface area (Å²) in [5.41, 5.74) is 5.98. The molecule has 174 valence electrons. The average molecular weight is 457 g/mol. The van der Waals surface area contributed by atoms with Gasteiger partial charge in [0.05, 0.1) is 11.6 Å². The second kappa shape index (κ2) is 9.24. The number of aromatic amines is 1. The number of carboxylic acid groups (broad SMARTS) is 1. The average Bonchev–Trinajstić information content (AvgIpc) is 3.46. The molecule has 1 saturated heterocycles. The van der Waals surface area contributed by atoms with Gasteiger partial charge in [0.1, 0.15) is 5.58 Å². The first-order valence-corrected chi connectivity index (χ1v) is 11.8. The van der Waals surface area contributed by atoms with Gasteiger partial charge in [0.2, 0.25) is 5.76 Å². The van der Waals surface area contributed by atoms with Crippen LogP contribution in [-0.4, -0.2) is 53.7 Å². The number of hydrogen-bond donors (Lipinski definition) is 2. The van der Waals surface area contributed by atoms with Crippen LogP contribution in [0, 0.1) is 18.3 Å². The lowest BCUT2D eigenvalue weighted by atomic mass is 10.0. The van der Waals surface area contributed by atoms with Crippen molar-refractivity contribution in [3.63, 3.8) is 0 Å². The molecule has 0 bridgehead atoms. The van der Waals surface area contributed by atoms with Crippen molar-refractivity contribution in [1.82, 2.24) is 9.88 Å². The maximum Gasteiger partial charge on any atom is 0.371 e. The molecule has 0 radical (unpaired) electrons. The maximum absolute atomic E-state index is 11.1. The normalized spacial score (nSPS) is 14.6. The number of carboxylic acids is 1. The van der Waals surface area contributed by atoms with Gasteiger partial charge in [-0.05, 0) is 80.3 Å². The minimum Gasteiger partial charge on any atom is -0.475 e. The summed E-state index contributed by atoms with van der Waals surface area (Å²) >= 11 is 0. The molecule has 2 N–H and O–H groups in total. The highest BCUT2D eigenvalue weighted by molar-refractivity contribution is 5.92. The third-order valence-corrected chi connectivity index (χ3v) is 6.82. The molecule has 1 aliphatic rings. The van der Waals surface area contributed by atoms with Crippen LogP contribution in [0.25, 0.3) is 21.9 Å². The number of rotatable bonds is 7. The lowest BCUT2D eigenvalue weighted by Gasteiger charge is -2.36. The molecule has 7 nitrogen and oxygen atoms in total. The SMILES string of the molecule is Cc1cc(C#N)cc2c(CCCCN3CCN(c4ccc5oc(C(=O)O)cc5c4)CC3)c[nH]c12. The minimum atomic E-state index is -1.04. The molecule has 0 spiro atoms. The van der Waals surface area contributed by atoms with Crippen molar-refractivity contribution < 1.29 is 14.3 Å². The van der Waals surface area contributed by atoms with Gasteiger partial charge >= 0.3 is 5.97 Å². The van der Waals surface area contributed by atoms with Gasteiger partial charge in [-0.25, -0.2) is 4.79 Å². The summed E-state index contributed by atoms with van der Waals surface area (Å²) in [5.74, 6) is -1.07. The molecule has 2 aromatic carbocycles. The molecule has 3 heterocycles. The molecule has 0 unspecified atom stereocenters. The number of nitriles is 1. The summed E-state index contributed by atoms with van der Waals surface area (Å²) in [6.45, 7) is 7.07. The number of furan rings is 1. The van der Waals surface area contributed by atoms with Crippen LogP contribution in [-0.2, 0) is 6.42 Å². The lowest BCUT2D eigenvalue weighted by molar-refractivity contribution is 0.0665. The van der Waals surface area contributed by atoms with Crippen LogP contribution in [0.15, 0.2) is 47.0 Å². The number of nitrogens with one attached hydrogen (secondary N) is 1. The van der Waals surface area contributed by atoms with Gasteiger partial charge in [-0.15, -0.1) is 0 Å². The summed E-state index contributed by atoms with van der Waals surface area (Å²) in [5, 5.41) is 20.4. The van der Waals surface area contributed by atoms with Crippen LogP contribution in [0.3, 0.4) is 0 Å². The summed E-state index contributed by atoms with van der Waals surface area (Å²) in [4.78, 5) is 19.4. The third-order valence-electron chi connectivity index (χ3n) is 6.82. The van der Waals surface area contributed by atoms with Crippen LogP contribution in [0.5, 0.6) is 0 Å². The van der Waals surface area contributed by atoms with Gasteiger partial charge in [0.25, 0.3) is 0 Å². The second-order valence-electron chi connectivity index (χ2n) is 9.07. The molecule has 34 heavy (non-hydrogen) atoms. The monoisotopic (exact) mass is 456 g/mol. The molecule has 4 aromatic rings. The smallest absolute Gasteiger partial charge is 0.371 e. The fourth-order valence-electron chi connectivity index (χ4n) is 4.95. The Balaban J connectivity index is 1.12. The predicted octanol–water partition coefficient (Wildman–Crippen LogP) is 4.94. The lowest BCUT2D eigenvalue weighted by Crippen LogP contribution is -2.46. The van der Waals surface area contributed by atoms with Crippen LogP contribution in [0.1, 0.15) is 40.1 Å². The Labute approximate surface area is 198 Å². The number of fused-ring (bicyclic) bond motifs is 2.